The molecule has 0 radical (unpaired) electrons. The van der Waals surface area contributed by atoms with E-state index in [1.807, 2.05) is 0 Å². The molecule has 7 nitrogen and oxygen atoms in total. The molecule has 0 heterocycles. The Balaban J connectivity index is 1.59. The van der Waals surface area contributed by atoms with E-state index in [1.54, 1.807) is 24.3 Å². The number of hydrogen-bond donors (Lipinski definition) is 2. The SMILES string of the molecule is COc1ccc(Cl)cc1C(=O)NNC(=O)COC(=O)C1(c2ccccc2F)CCCC1. The van der Waals surface area contributed by atoms with Crippen molar-refractivity contribution in [1.29, 1.82) is 0 Å². The van der Waals surface area contributed by atoms with Crippen LogP contribution in [0.15, 0.2) is 42.5 Å². The van der Waals surface area contributed by atoms with E-state index in [9.17, 15) is 18.8 Å². The van der Waals surface area contributed by atoms with Crippen LogP contribution < -0.4 is 15.6 Å². The van der Waals surface area contributed by atoms with Gasteiger partial charge in [0.1, 0.15) is 11.6 Å². The van der Waals surface area contributed by atoms with Crippen LogP contribution in [0.4, 0.5) is 4.39 Å². The number of amides is 2. The fraction of sp³-hybridized carbons (Fsp3) is 0.318. The molecule has 1 saturated carbocycles. The number of hydrazine groups is 1. The van der Waals surface area contributed by atoms with Gasteiger partial charge in [-0.2, -0.15) is 0 Å². The van der Waals surface area contributed by atoms with Crippen LogP contribution in [0.5, 0.6) is 5.75 Å². The number of nitrogens with one attached hydrogen (secondary N) is 2. The number of carbonyl (C=O) groups is 3. The van der Waals surface area contributed by atoms with Gasteiger partial charge >= 0.3 is 5.97 Å². The lowest BCUT2D eigenvalue weighted by Crippen LogP contribution is -2.45. The average Bonchev–Trinajstić information content (AvgIpc) is 3.27. The van der Waals surface area contributed by atoms with Crippen molar-refractivity contribution in [3.8, 4) is 5.75 Å². The molecule has 0 aromatic heterocycles. The highest BCUT2D eigenvalue weighted by atomic mass is 35.5. The van der Waals surface area contributed by atoms with Crippen molar-refractivity contribution in [3.05, 3.63) is 64.4 Å². The van der Waals surface area contributed by atoms with E-state index in [2.05, 4.69) is 10.9 Å². The molecule has 0 saturated heterocycles. The van der Waals surface area contributed by atoms with Gasteiger partial charge in [0, 0.05) is 10.6 Å². The van der Waals surface area contributed by atoms with Crippen molar-refractivity contribution in [2.24, 2.45) is 0 Å². The lowest BCUT2D eigenvalue weighted by Gasteiger charge is -2.27. The maximum atomic E-state index is 14.4. The molecule has 9 heteroatoms. The van der Waals surface area contributed by atoms with E-state index >= 15 is 0 Å². The summed E-state index contributed by atoms with van der Waals surface area (Å²) in [6.07, 6.45) is 2.40. The summed E-state index contributed by atoms with van der Waals surface area (Å²) in [4.78, 5) is 37.2. The molecular weight excluding hydrogens is 427 g/mol. The van der Waals surface area contributed by atoms with Crippen molar-refractivity contribution >= 4 is 29.4 Å². The predicted molar refractivity (Wildman–Crippen MR) is 111 cm³/mol. The van der Waals surface area contributed by atoms with Crippen molar-refractivity contribution in [2.45, 2.75) is 31.1 Å². The van der Waals surface area contributed by atoms with Gasteiger partial charge in [-0.1, -0.05) is 42.6 Å². The maximum absolute atomic E-state index is 14.4. The highest BCUT2D eigenvalue weighted by Gasteiger charge is 2.45. The second-order valence-corrected chi connectivity index (χ2v) is 7.63. The zero-order chi connectivity index (χ0) is 22.4. The number of benzene rings is 2. The van der Waals surface area contributed by atoms with Crippen LogP contribution in [-0.4, -0.2) is 31.5 Å². The molecule has 1 aliphatic rings. The number of hydrogen-bond acceptors (Lipinski definition) is 5. The molecule has 2 amide bonds. The Morgan fingerprint density at radius 1 is 1.10 bits per heavy atom. The molecule has 0 bridgehead atoms. The molecule has 2 aromatic carbocycles. The van der Waals surface area contributed by atoms with Gasteiger partial charge in [-0.3, -0.25) is 25.2 Å². The van der Waals surface area contributed by atoms with E-state index in [-0.39, 0.29) is 16.9 Å². The number of methoxy groups -OCH3 is 1. The zero-order valence-electron chi connectivity index (χ0n) is 16.9. The first-order valence-electron chi connectivity index (χ1n) is 9.72. The maximum Gasteiger partial charge on any atom is 0.317 e. The van der Waals surface area contributed by atoms with Crippen LogP contribution in [0.2, 0.25) is 5.02 Å². The van der Waals surface area contributed by atoms with Crippen molar-refractivity contribution in [3.63, 3.8) is 0 Å². The number of ether oxygens (including phenoxy) is 2. The molecule has 164 valence electrons. The number of esters is 1. The fourth-order valence-electron chi connectivity index (χ4n) is 3.77. The second kappa shape index (κ2) is 9.78. The first kappa shape index (κ1) is 22.6. The summed E-state index contributed by atoms with van der Waals surface area (Å²) < 4.78 is 24.6. The third kappa shape index (κ3) is 4.96. The smallest absolute Gasteiger partial charge is 0.317 e. The minimum atomic E-state index is -1.11. The molecule has 2 aromatic rings. The number of rotatable bonds is 6. The van der Waals surface area contributed by atoms with Crippen LogP contribution in [-0.2, 0) is 19.7 Å². The Bertz CT molecular complexity index is 992. The summed E-state index contributed by atoms with van der Waals surface area (Å²) in [5.41, 5.74) is 3.68. The van der Waals surface area contributed by atoms with E-state index in [0.717, 1.165) is 12.8 Å². The monoisotopic (exact) mass is 448 g/mol. The Morgan fingerprint density at radius 2 is 1.81 bits per heavy atom. The van der Waals surface area contributed by atoms with Gasteiger partial charge in [-0.15, -0.1) is 0 Å². The summed E-state index contributed by atoms with van der Waals surface area (Å²) in [5, 5.41) is 0.321. The molecule has 0 aliphatic heterocycles. The third-order valence-corrected chi connectivity index (χ3v) is 5.53. The minimum Gasteiger partial charge on any atom is -0.496 e. The van der Waals surface area contributed by atoms with E-state index in [1.165, 1.54) is 25.3 Å². The van der Waals surface area contributed by atoms with Crippen LogP contribution in [0.25, 0.3) is 0 Å². The lowest BCUT2D eigenvalue weighted by molar-refractivity contribution is -0.154. The molecule has 3 rings (SSSR count). The van der Waals surface area contributed by atoms with Gasteiger partial charge in [0.25, 0.3) is 11.8 Å². The summed E-state index contributed by atoms with van der Waals surface area (Å²) in [7, 11) is 1.40. The van der Waals surface area contributed by atoms with Gasteiger partial charge in [0.2, 0.25) is 0 Å². The highest BCUT2D eigenvalue weighted by Crippen LogP contribution is 2.43. The van der Waals surface area contributed by atoms with Crippen LogP contribution in [0, 0.1) is 5.82 Å². The molecule has 1 aliphatic carbocycles. The largest absolute Gasteiger partial charge is 0.496 e. The summed E-state index contributed by atoms with van der Waals surface area (Å²) in [5.74, 6) is -2.26. The number of halogens is 2. The standard InChI is InChI=1S/C22H22ClFN2O5/c1-30-18-9-8-14(23)12-15(18)20(28)26-25-19(27)13-31-21(29)22(10-4-5-11-22)16-6-2-3-7-17(16)24/h2-3,6-9,12H,4-5,10-11,13H2,1H3,(H,25,27)(H,26,28). The van der Waals surface area contributed by atoms with Crippen LogP contribution in [0.3, 0.4) is 0 Å². The van der Waals surface area contributed by atoms with Crippen LogP contribution in [0.1, 0.15) is 41.6 Å². The Kier molecular flexibility index (Phi) is 7.12. The van der Waals surface area contributed by atoms with E-state index in [0.29, 0.717) is 17.9 Å². The Labute approximate surface area is 183 Å². The van der Waals surface area contributed by atoms with E-state index < -0.39 is 35.6 Å². The second-order valence-electron chi connectivity index (χ2n) is 7.19. The van der Waals surface area contributed by atoms with Gasteiger partial charge < -0.3 is 9.47 Å². The number of carbonyl (C=O) groups excluding carboxylic acids is 3. The van der Waals surface area contributed by atoms with Crippen molar-refractivity contribution in [2.75, 3.05) is 13.7 Å². The normalized spacial score (nSPS) is 14.5. The average molecular weight is 449 g/mol. The fourth-order valence-corrected chi connectivity index (χ4v) is 3.94. The summed E-state index contributed by atoms with van der Waals surface area (Å²) >= 11 is 5.89. The summed E-state index contributed by atoms with van der Waals surface area (Å²) in [6.45, 7) is -0.623. The molecule has 31 heavy (non-hydrogen) atoms. The molecule has 0 unspecified atom stereocenters. The Hall–Kier alpha value is -3.13. The van der Waals surface area contributed by atoms with Gasteiger partial charge in [-0.05, 0) is 37.1 Å². The first-order chi connectivity index (χ1) is 14.9. The Morgan fingerprint density at radius 3 is 2.48 bits per heavy atom. The topological polar surface area (TPSA) is 93.7 Å². The molecular formula is C22H22ClFN2O5. The molecule has 2 N–H and O–H groups in total. The van der Waals surface area contributed by atoms with Gasteiger partial charge in [0.15, 0.2) is 6.61 Å². The third-order valence-electron chi connectivity index (χ3n) is 5.29. The van der Waals surface area contributed by atoms with Crippen LogP contribution >= 0.6 is 11.6 Å². The van der Waals surface area contributed by atoms with E-state index in [4.69, 9.17) is 21.1 Å². The minimum absolute atomic E-state index is 0.122. The first-order valence-corrected chi connectivity index (χ1v) is 10.1. The van der Waals surface area contributed by atoms with Gasteiger partial charge in [-0.25, -0.2) is 4.39 Å². The lowest BCUT2D eigenvalue weighted by atomic mass is 9.78. The molecule has 0 atom stereocenters. The zero-order valence-corrected chi connectivity index (χ0v) is 17.6. The highest BCUT2D eigenvalue weighted by molar-refractivity contribution is 6.31. The quantitative estimate of drug-likeness (QED) is 0.522. The molecule has 1 fully saturated rings. The van der Waals surface area contributed by atoms with Crippen molar-refractivity contribution < 1.29 is 28.2 Å². The summed E-state index contributed by atoms with van der Waals surface area (Å²) in [6, 6.07) is 10.6. The molecule has 0 spiro atoms. The van der Waals surface area contributed by atoms with Crippen molar-refractivity contribution in [1.82, 2.24) is 10.9 Å². The van der Waals surface area contributed by atoms with Gasteiger partial charge in [0.05, 0.1) is 18.1 Å². The predicted octanol–water partition coefficient (Wildman–Crippen LogP) is 3.30.